The Balaban J connectivity index is 2.39. The first-order valence-electron chi connectivity index (χ1n) is 7.96. The van der Waals surface area contributed by atoms with Crippen LogP contribution in [0.4, 0.5) is 10.5 Å². The number of anilines is 1. The predicted octanol–water partition coefficient (Wildman–Crippen LogP) is 1.48. The molecule has 132 valence electrons. The first-order chi connectivity index (χ1) is 11.5. The number of rotatable bonds is 6. The minimum Gasteiger partial charge on any atom is -0.408 e. The second-order valence-electron chi connectivity index (χ2n) is 6.11. The average molecular weight is 335 g/mol. The second kappa shape index (κ2) is 8.12. The van der Waals surface area contributed by atoms with Crippen molar-refractivity contribution < 1.29 is 19.1 Å². The van der Waals surface area contributed by atoms with Gasteiger partial charge in [-0.1, -0.05) is 12.1 Å². The van der Waals surface area contributed by atoms with Crippen LogP contribution in [0, 0.1) is 0 Å². The van der Waals surface area contributed by atoms with Crippen LogP contribution in [0.3, 0.4) is 0 Å². The second-order valence-corrected chi connectivity index (χ2v) is 6.11. The summed E-state index contributed by atoms with van der Waals surface area (Å²) in [7, 11) is 4.86. The number of para-hydroxylation sites is 2. The highest BCUT2D eigenvalue weighted by atomic mass is 16.6. The molecule has 0 bridgehead atoms. The standard InChI is InChI=1S/C17H25N3O4/c1-19(2)16(22)24-15-7-5-4-6-14(15)20(13-21)17(12-23-3)8-10-18-11-9-17/h4-7,13,18H,8-12H2,1-3H3. The number of benzene rings is 1. The molecule has 1 fully saturated rings. The van der Waals surface area contributed by atoms with Crippen LogP contribution in [0.2, 0.25) is 0 Å². The Morgan fingerprint density at radius 3 is 2.54 bits per heavy atom. The molecule has 1 aromatic rings. The van der Waals surface area contributed by atoms with Crippen molar-refractivity contribution in [2.24, 2.45) is 0 Å². The summed E-state index contributed by atoms with van der Waals surface area (Å²) in [4.78, 5) is 26.9. The van der Waals surface area contributed by atoms with Crippen molar-refractivity contribution in [2.75, 3.05) is 45.8 Å². The molecule has 7 heteroatoms. The highest BCUT2D eigenvalue weighted by Gasteiger charge is 2.39. The van der Waals surface area contributed by atoms with Gasteiger partial charge in [0.05, 0.1) is 17.8 Å². The minimum absolute atomic E-state index is 0.359. The van der Waals surface area contributed by atoms with Crippen LogP contribution in [0.25, 0.3) is 0 Å². The Morgan fingerprint density at radius 1 is 1.29 bits per heavy atom. The molecule has 0 aromatic heterocycles. The van der Waals surface area contributed by atoms with E-state index in [9.17, 15) is 9.59 Å². The fourth-order valence-corrected chi connectivity index (χ4v) is 2.97. The van der Waals surface area contributed by atoms with Crippen molar-refractivity contribution in [1.82, 2.24) is 10.2 Å². The summed E-state index contributed by atoms with van der Waals surface area (Å²) in [6, 6.07) is 7.07. The van der Waals surface area contributed by atoms with Gasteiger partial charge in [0.2, 0.25) is 6.41 Å². The van der Waals surface area contributed by atoms with E-state index in [0.717, 1.165) is 32.3 Å². The van der Waals surface area contributed by atoms with Crippen LogP contribution < -0.4 is 15.0 Å². The molecule has 0 radical (unpaired) electrons. The lowest BCUT2D eigenvalue weighted by atomic mass is 9.87. The fraction of sp³-hybridized carbons (Fsp3) is 0.529. The first-order valence-corrected chi connectivity index (χ1v) is 7.96. The molecule has 7 nitrogen and oxygen atoms in total. The lowest BCUT2D eigenvalue weighted by molar-refractivity contribution is -0.109. The van der Waals surface area contributed by atoms with Crippen LogP contribution in [0.5, 0.6) is 5.75 Å². The Morgan fingerprint density at radius 2 is 1.96 bits per heavy atom. The maximum Gasteiger partial charge on any atom is 0.414 e. The van der Waals surface area contributed by atoms with E-state index < -0.39 is 11.6 Å². The fourth-order valence-electron chi connectivity index (χ4n) is 2.97. The van der Waals surface area contributed by atoms with Gasteiger partial charge in [-0.2, -0.15) is 0 Å². The van der Waals surface area contributed by atoms with Gasteiger partial charge in [-0.3, -0.25) is 4.79 Å². The number of carbonyl (C=O) groups excluding carboxylic acids is 2. The zero-order valence-electron chi connectivity index (χ0n) is 14.4. The summed E-state index contributed by atoms with van der Waals surface area (Å²) in [5.74, 6) is 0.359. The van der Waals surface area contributed by atoms with E-state index in [-0.39, 0.29) is 0 Å². The monoisotopic (exact) mass is 335 g/mol. The van der Waals surface area contributed by atoms with Gasteiger partial charge in [0, 0.05) is 21.2 Å². The third-order valence-electron chi connectivity index (χ3n) is 4.25. The van der Waals surface area contributed by atoms with Gasteiger partial charge >= 0.3 is 6.09 Å². The number of carbonyl (C=O) groups is 2. The summed E-state index contributed by atoms with van der Waals surface area (Å²) in [6.45, 7) is 2.02. The third-order valence-corrected chi connectivity index (χ3v) is 4.25. The summed E-state index contributed by atoms with van der Waals surface area (Å²) in [5, 5.41) is 3.30. The molecule has 1 aromatic carbocycles. The summed E-state index contributed by atoms with van der Waals surface area (Å²) >= 11 is 0. The molecule has 0 saturated carbocycles. The van der Waals surface area contributed by atoms with Gasteiger partial charge in [0.25, 0.3) is 0 Å². The first kappa shape index (κ1) is 18.2. The van der Waals surface area contributed by atoms with Crippen molar-refractivity contribution >= 4 is 18.2 Å². The zero-order valence-corrected chi connectivity index (χ0v) is 14.4. The quantitative estimate of drug-likeness (QED) is 0.797. The lowest BCUT2D eigenvalue weighted by Crippen LogP contribution is -2.57. The molecule has 1 aliphatic heterocycles. The van der Waals surface area contributed by atoms with Crippen molar-refractivity contribution in [3.05, 3.63) is 24.3 Å². The van der Waals surface area contributed by atoms with Gasteiger partial charge in [-0.25, -0.2) is 4.79 Å². The molecule has 2 rings (SSSR count). The SMILES string of the molecule is COCC1(N(C=O)c2ccccc2OC(=O)N(C)C)CCNCC1. The molecular weight excluding hydrogens is 310 g/mol. The molecule has 0 atom stereocenters. The molecular formula is C17H25N3O4. The molecule has 1 heterocycles. The number of amides is 2. The normalized spacial score (nSPS) is 16.3. The minimum atomic E-state index is -0.487. The van der Waals surface area contributed by atoms with Crippen LogP contribution >= 0.6 is 0 Å². The number of methoxy groups -OCH3 is 1. The lowest BCUT2D eigenvalue weighted by Gasteiger charge is -2.44. The predicted molar refractivity (Wildman–Crippen MR) is 91.4 cm³/mol. The van der Waals surface area contributed by atoms with Crippen molar-refractivity contribution in [3.63, 3.8) is 0 Å². The van der Waals surface area contributed by atoms with E-state index in [1.54, 1.807) is 44.3 Å². The highest BCUT2D eigenvalue weighted by Crippen LogP contribution is 2.36. The third kappa shape index (κ3) is 3.85. The van der Waals surface area contributed by atoms with E-state index in [1.165, 1.54) is 4.90 Å². The molecule has 1 N–H and O–H groups in total. The number of nitrogens with one attached hydrogen (secondary N) is 1. The largest absolute Gasteiger partial charge is 0.414 e. The van der Waals surface area contributed by atoms with E-state index in [1.807, 2.05) is 6.07 Å². The van der Waals surface area contributed by atoms with E-state index in [2.05, 4.69) is 5.32 Å². The van der Waals surface area contributed by atoms with Gasteiger partial charge in [0.1, 0.15) is 0 Å². The Labute approximate surface area is 142 Å². The van der Waals surface area contributed by atoms with Crippen molar-refractivity contribution in [2.45, 2.75) is 18.4 Å². The molecule has 0 unspecified atom stereocenters. The van der Waals surface area contributed by atoms with E-state index in [0.29, 0.717) is 18.0 Å². The van der Waals surface area contributed by atoms with Gasteiger partial charge in [-0.05, 0) is 38.1 Å². The number of ether oxygens (including phenoxy) is 2. The molecule has 1 aliphatic rings. The van der Waals surface area contributed by atoms with Gasteiger partial charge in [-0.15, -0.1) is 0 Å². The Bertz CT molecular complexity index is 565. The zero-order chi connectivity index (χ0) is 17.6. The van der Waals surface area contributed by atoms with E-state index >= 15 is 0 Å². The molecule has 1 saturated heterocycles. The summed E-state index contributed by atoms with van der Waals surface area (Å²) in [6.07, 6.45) is 1.83. The topological polar surface area (TPSA) is 71.1 Å². The van der Waals surface area contributed by atoms with Gasteiger partial charge < -0.3 is 24.6 Å². The van der Waals surface area contributed by atoms with Gasteiger partial charge in [0.15, 0.2) is 5.75 Å². The molecule has 0 aliphatic carbocycles. The maximum atomic E-state index is 12.0. The number of nitrogens with zero attached hydrogens (tertiary/aromatic N) is 2. The Hall–Kier alpha value is -2.12. The number of hydrogen-bond acceptors (Lipinski definition) is 5. The molecule has 2 amide bonds. The Kier molecular flexibility index (Phi) is 6.16. The van der Waals surface area contributed by atoms with Crippen molar-refractivity contribution in [1.29, 1.82) is 0 Å². The summed E-state index contributed by atoms with van der Waals surface area (Å²) in [5.41, 5.74) is 0.115. The average Bonchev–Trinajstić information content (AvgIpc) is 2.58. The van der Waals surface area contributed by atoms with Crippen LogP contribution in [0.15, 0.2) is 24.3 Å². The summed E-state index contributed by atoms with van der Waals surface area (Å²) < 4.78 is 10.8. The van der Waals surface area contributed by atoms with E-state index in [4.69, 9.17) is 9.47 Å². The molecule has 0 spiro atoms. The number of hydrogen-bond donors (Lipinski definition) is 1. The molecule has 24 heavy (non-hydrogen) atoms. The van der Waals surface area contributed by atoms with Crippen molar-refractivity contribution in [3.8, 4) is 5.75 Å². The van der Waals surface area contributed by atoms with Crippen LogP contribution in [-0.4, -0.2) is 63.8 Å². The number of piperidine rings is 1. The van der Waals surface area contributed by atoms with Crippen LogP contribution in [0.1, 0.15) is 12.8 Å². The maximum absolute atomic E-state index is 12.0. The highest BCUT2D eigenvalue weighted by molar-refractivity contribution is 5.83. The van der Waals surface area contributed by atoms with Crippen LogP contribution in [-0.2, 0) is 9.53 Å². The smallest absolute Gasteiger partial charge is 0.408 e.